The van der Waals surface area contributed by atoms with E-state index in [1.165, 1.54) is 4.90 Å². The summed E-state index contributed by atoms with van der Waals surface area (Å²) in [4.78, 5) is 23.3. The van der Waals surface area contributed by atoms with Crippen LogP contribution in [0.2, 0.25) is 0 Å². The molecule has 2 rings (SSSR count). The summed E-state index contributed by atoms with van der Waals surface area (Å²) in [6.45, 7) is 0.997. The predicted molar refractivity (Wildman–Crippen MR) is 56.8 cm³/mol. The van der Waals surface area contributed by atoms with Crippen molar-refractivity contribution in [1.29, 1.82) is 0 Å². The number of rotatable bonds is 1. The van der Waals surface area contributed by atoms with Gasteiger partial charge in [0.05, 0.1) is 6.04 Å². The molecule has 1 N–H and O–H groups in total. The van der Waals surface area contributed by atoms with Gasteiger partial charge in [0.1, 0.15) is 6.29 Å². The Morgan fingerprint density at radius 3 is 2.93 bits per heavy atom. The number of piperazine rings is 1. The van der Waals surface area contributed by atoms with Gasteiger partial charge in [0.2, 0.25) is 0 Å². The van der Waals surface area contributed by atoms with E-state index in [0.29, 0.717) is 13.1 Å². The number of amides is 1. The molecule has 3 atom stereocenters. The molecular weight excluding hydrogens is 216 g/mol. The number of carbonyl (C=O) groups excluding carboxylic acids is 1. The van der Waals surface area contributed by atoms with Gasteiger partial charge in [-0.25, -0.2) is 9.10 Å². The molecule has 2 heterocycles. The fourth-order valence-corrected chi connectivity index (χ4v) is 3.24. The second kappa shape index (κ2) is 4.40. The lowest BCUT2D eigenvalue weighted by Crippen LogP contribution is -2.57. The highest BCUT2D eigenvalue weighted by Gasteiger charge is 2.37. The van der Waals surface area contributed by atoms with Crippen molar-refractivity contribution in [3.63, 3.8) is 0 Å². The number of aldehydes is 1. The lowest BCUT2D eigenvalue weighted by atomic mass is 10.1. The van der Waals surface area contributed by atoms with E-state index in [1.54, 1.807) is 11.9 Å². The van der Waals surface area contributed by atoms with Gasteiger partial charge in [-0.05, 0) is 12.8 Å². The molecule has 2 fully saturated rings. The maximum atomic E-state index is 11.0. The molecule has 5 nitrogen and oxygen atoms in total. The Morgan fingerprint density at radius 2 is 2.27 bits per heavy atom. The molecule has 2 aliphatic rings. The van der Waals surface area contributed by atoms with E-state index in [4.69, 9.17) is 5.11 Å². The summed E-state index contributed by atoms with van der Waals surface area (Å²) in [6, 6.07) is -0.214. The summed E-state index contributed by atoms with van der Waals surface area (Å²) in [7, 11) is 0. The monoisotopic (exact) mass is 230 g/mol. The number of fused-ring (bicyclic) bond motifs is 2. The molecule has 6 heteroatoms. The summed E-state index contributed by atoms with van der Waals surface area (Å²) < 4.78 is 2.03. The third-order valence-corrected chi connectivity index (χ3v) is 4.15. The van der Waals surface area contributed by atoms with E-state index in [-0.39, 0.29) is 12.1 Å². The van der Waals surface area contributed by atoms with Gasteiger partial charge in [-0.1, -0.05) is 11.9 Å². The molecule has 84 valence electrons. The van der Waals surface area contributed by atoms with Crippen molar-refractivity contribution in [3.05, 3.63) is 0 Å². The first-order chi connectivity index (χ1) is 7.22. The summed E-state index contributed by atoms with van der Waals surface area (Å²) in [6.07, 6.45) is 1.87. The van der Waals surface area contributed by atoms with Crippen LogP contribution < -0.4 is 0 Å². The summed E-state index contributed by atoms with van der Waals surface area (Å²) in [5, 5.41) is 9.04. The first-order valence-corrected chi connectivity index (χ1v) is 6.01. The minimum atomic E-state index is -0.904. The highest BCUT2D eigenvalue weighted by atomic mass is 32.2. The molecule has 0 aromatic heterocycles. The van der Waals surface area contributed by atoms with Crippen molar-refractivity contribution in [2.75, 3.05) is 18.8 Å². The summed E-state index contributed by atoms with van der Waals surface area (Å²) >= 11 is 1.67. The first-order valence-electron chi connectivity index (χ1n) is 5.07. The molecule has 0 aliphatic carbocycles. The van der Waals surface area contributed by atoms with Crippen LogP contribution in [0.1, 0.15) is 12.8 Å². The van der Waals surface area contributed by atoms with E-state index in [1.807, 2.05) is 4.31 Å². The van der Waals surface area contributed by atoms with Gasteiger partial charge in [0, 0.05) is 24.9 Å². The van der Waals surface area contributed by atoms with Crippen LogP contribution >= 0.6 is 11.9 Å². The smallest absolute Gasteiger partial charge is 0.407 e. The zero-order chi connectivity index (χ0) is 10.8. The molecule has 1 amide bonds. The van der Waals surface area contributed by atoms with Gasteiger partial charge in [-0.2, -0.15) is 0 Å². The van der Waals surface area contributed by atoms with Crippen molar-refractivity contribution in [3.8, 4) is 0 Å². The highest BCUT2D eigenvalue weighted by molar-refractivity contribution is 7.97. The summed E-state index contributed by atoms with van der Waals surface area (Å²) in [5.74, 6) is 0.980. The maximum absolute atomic E-state index is 11.0. The van der Waals surface area contributed by atoms with Crippen LogP contribution in [0.5, 0.6) is 0 Å². The number of carboxylic acid groups (broad SMARTS) is 1. The molecule has 0 saturated carbocycles. The Bertz CT molecular complexity index is 274. The molecule has 2 bridgehead atoms. The fourth-order valence-electron chi connectivity index (χ4n) is 2.12. The Labute approximate surface area is 92.5 Å². The van der Waals surface area contributed by atoms with Gasteiger partial charge in [-0.15, -0.1) is 0 Å². The van der Waals surface area contributed by atoms with Crippen molar-refractivity contribution in [2.45, 2.75) is 24.9 Å². The third-order valence-electron chi connectivity index (χ3n) is 2.93. The number of carbonyl (C=O) groups is 2. The standard InChI is InChI=1S/C9H14N2O3S/c12-6-8-4-10(9(13)14)7-2-1-3-15-11(8)5-7/h6-8H,1-5H2,(H,13,14). The van der Waals surface area contributed by atoms with E-state index in [0.717, 1.165) is 24.9 Å². The molecule has 2 aliphatic heterocycles. The Morgan fingerprint density at radius 1 is 1.47 bits per heavy atom. The number of hydrogen-bond acceptors (Lipinski definition) is 4. The highest BCUT2D eigenvalue weighted by Crippen LogP contribution is 2.28. The van der Waals surface area contributed by atoms with Gasteiger partial charge < -0.3 is 14.8 Å². The fraction of sp³-hybridized carbons (Fsp3) is 0.778. The number of hydrogen-bond donors (Lipinski definition) is 1. The molecule has 3 unspecified atom stereocenters. The van der Waals surface area contributed by atoms with Crippen LogP contribution in [-0.2, 0) is 4.79 Å². The first kappa shape index (κ1) is 10.8. The van der Waals surface area contributed by atoms with Crippen LogP contribution in [0, 0.1) is 0 Å². The summed E-state index contributed by atoms with van der Waals surface area (Å²) in [5.41, 5.74) is 0. The van der Waals surface area contributed by atoms with E-state index >= 15 is 0 Å². The molecule has 0 aromatic rings. The molecule has 0 radical (unpaired) electrons. The SMILES string of the molecule is O=CC1CN(C(=O)O)C2CCCSN1C2. The minimum Gasteiger partial charge on any atom is -0.465 e. The Hall–Kier alpha value is -0.750. The van der Waals surface area contributed by atoms with E-state index < -0.39 is 6.09 Å². The van der Waals surface area contributed by atoms with Gasteiger partial charge in [0.15, 0.2) is 0 Å². The number of nitrogens with zero attached hydrogens (tertiary/aromatic N) is 2. The lowest BCUT2D eigenvalue weighted by molar-refractivity contribution is -0.112. The van der Waals surface area contributed by atoms with Crippen LogP contribution in [0.4, 0.5) is 4.79 Å². The quantitative estimate of drug-likeness (QED) is 0.529. The second-order valence-corrected chi connectivity index (χ2v) is 5.00. The molecule has 0 aromatic carbocycles. The van der Waals surface area contributed by atoms with Crippen LogP contribution in [0.15, 0.2) is 0 Å². The molecular formula is C9H14N2O3S. The van der Waals surface area contributed by atoms with Crippen LogP contribution in [-0.4, -0.2) is 57.6 Å². The predicted octanol–water partition coefficient (Wildman–Crippen LogP) is 0.660. The van der Waals surface area contributed by atoms with Crippen molar-refractivity contribution in [2.24, 2.45) is 0 Å². The normalized spacial score (nSPS) is 35.7. The Kier molecular flexibility index (Phi) is 3.16. The van der Waals surface area contributed by atoms with Crippen LogP contribution in [0.3, 0.4) is 0 Å². The van der Waals surface area contributed by atoms with E-state index in [9.17, 15) is 9.59 Å². The van der Waals surface area contributed by atoms with Gasteiger partial charge >= 0.3 is 6.09 Å². The minimum absolute atomic E-state index is 0.0636. The van der Waals surface area contributed by atoms with Crippen molar-refractivity contribution in [1.82, 2.24) is 9.21 Å². The topological polar surface area (TPSA) is 60.9 Å². The van der Waals surface area contributed by atoms with Crippen molar-refractivity contribution < 1.29 is 14.7 Å². The Balaban J connectivity index is 2.16. The van der Waals surface area contributed by atoms with Crippen molar-refractivity contribution >= 4 is 24.3 Å². The average Bonchev–Trinajstić information content (AvgIpc) is 2.42. The van der Waals surface area contributed by atoms with E-state index in [2.05, 4.69) is 0 Å². The van der Waals surface area contributed by atoms with Gasteiger partial charge in [-0.3, -0.25) is 0 Å². The third kappa shape index (κ3) is 2.10. The molecule has 2 saturated heterocycles. The van der Waals surface area contributed by atoms with Gasteiger partial charge in [0.25, 0.3) is 0 Å². The second-order valence-electron chi connectivity index (χ2n) is 3.87. The lowest BCUT2D eigenvalue weighted by Gasteiger charge is -2.40. The zero-order valence-electron chi connectivity index (χ0n) is 8.33. The molecule has 15 heavy (non-hydrogen) atoms. The van der Waals surface area contributed by atoms with Crippen LogP contribution in [0.25, 0.3) is 0 Å². The zero-order valence-corrected chi connectivity index (χ0v) is 9.15. The largest absolute Gasteiger partial charge is 0.465 e. The maximum Gasteiger partial charge on any atom is 0.407 e. The molecule has 0 spiro atoms. The average molecular weight is 230 g/mol.